The molecule has 0 aromatic heterocycles. The van der Waals surface area contributed by atoms with Crippen LogP contribution in [0.1, 0.15) is 47.7 Å². The molecule has 0 radical (unpaired) electrons. The Kier molecular flexibility index (Phi) is 6.58. The van der Waals surface area contributed by atoms with Crippen LogP contribution in [-0.2, 0) is 0 Å². The third-order valence-corrected chi connectivity index (χ3v) is 8.41. The van der Waals surface area contributed by atoms with Crippen molar-refractivity contribution >= 4 is 27.3 Å². The van der Waals surface area contributed by atoms with E-state index in [2.05, 4.69) is 58.7 Å². The topological polar surface area (TPSA) is 52.6 Å². The fourth-order valence-electron chi connectivity index (χ4n) is 6.38. The van der Waals surface area contributed by atoms with Gasteiger partial charge in [-0.3, -0.25) is 9.69 Å². The summed E-state index contributed by atoms with van der Waals surface area (Å²) in [4.78, 5) is 15.9. The van der Waals surface area contributed by atoms with E-state index in [1.807, 2.05) is 36.4 Å². The van der Waals surface area contributed by atoms with Gasteiger partial charge in [-0.2, -0.15) is 0 Å². The van der Waals surface area contributed by atoms with Crippen molar-refractivity contribution in [1.82, 2.24) is 10.2 Å². The zero-order valence-corrected chi connectivity index (χ0v) is 20.6. The van der Waals surface area contributed by atoms with Gasteiger partial charge in [-0.05, 0) is 65.3 Å². The van der Waals surface area contributed by atoms with Crippen molar-refractivity contribution in [3.8, 4) is 0 Å². The van der Waals surface area contributed by atoms with Crippen molar-refractivity contribution in [2.45, 2.75) is 38.0 Å². The Morgan fingerprint density at radius 3 is 2.22 bits per heavy atom. The summed E-state index contributed by atoms with van der Waals surface area (Å²) in [5.74, 6) is 0.581. The summed E-state index contributed by atoms with van der Waals surface area (Å²) >= 11 is 0. The van der Waals surface area contributed by atoms with Gasteiger partial charge in [0.05, 0.1) is 12.3 Å². The molecule has 0 bridgehead atoms. The van der Waals surface area contributed by atoms with Gasteiger partial charge in [0.15, 0.2) is 5.78 Å². The van der Waals surface area contributed by atoms with Gasteiger partial charge in [0.25, 0.3) is 0 Å². The second kappa shape index (κ2) is 10.1. The predicted octanol–water partition coefficient (Wildman–Crippen LogP) is 5.95. The summed E-state index contributed by atoms with van der Waals surface area (Å²) in [6, 6.07) is 28.8. The van der Waals surface area contributed by atoms with Crippen molar-refractivity contribution in [1.29, 1.82) is 0 Å². The minimum absolute atomic E-state index is 0.0766. The first-order valence-electron chi connectivity index (χ1n) is 13.3. The lowest BCUT2D eigenvalue weighted by molar-refractivity contribution is 0.0265. The van der Waals surface area contributed by atoms with Crippen LogP contribution in [0.5, 0.6) is 0 Å². The van der Waals surface area contributed by atoms with Gasteiger partial charge >= 0.3 is 0 Å². The van der Waals surface area contributed by atoms with Crippen LogP contribution in [0.4, 0.5) is 0 Å². The number of benzene rings is 4. The number of ketones is 1. The Hall–Kier alpha value is -3.05. The molecule has 4 nitrogen and oxygen atoms in total. The number of nitrogens with one attached hydrogen (secondary N) is 1. The highest BCUT2D eigenvalue weighted by Gasteiger charge is 2.34. The van der Waals surface area contributed by atoms with E-state index in [1.165, 1.54) is 5.39 Å². The average molecular weight is 479 g/mol. The number of nitrogens with zero attached hydrogens (tertiary/aromatic N) is 1. The van der Waals surface area contributed by atoms with Crippen LogP contribution in [0.3, 0.4) is 0 Å². The zero-order chi connectivity index (χ0) is 24.5. The van der Waals surface area contributed by atoms with Gasteiger partial charge in [-0.25, -0.2) is 0 Å². The van der Waals surface area contributed by atoms with Crippen molar-refractivity contribution in [3.63, 3.8) is 0 Å². The van der Waals surface area contributed by atoms with Crippen molar-refractivity contribution < 1.29 is 9.90 Å². The van der Waals surface area contributed by atoms with Crippen LogP contribution < -0.4 is 5.32 Å². The number of fused-ring (bicyclic) bond motifs is 2. The number of hydrogen-bond donors (Lipinski definition) is 2. The lowest BCUT2D eigenvalue weighted by atomic mass is 9.83. The minimum atomic E-state index is -0.467. The van der Waals surface area contributed by atoms with Crippen molar-refractivity contribution in [2.24, 2.45) is 11.8 Å². The maximum atomic E-state index is 13.4. The number of carbonyl (C=O) groups is 1. The van der Waals surface area contributed by atoms with Gasteiger partial charge in [0, 0.05) is 24.6 Å². The molecule has 2 heterocycles. The van der Waals surface area contributed by atoms with E-state index >= 15 is 0 Å². The number of aliphatic hydroxyl groups is 1. The van der Waals surface area contributed by atoms with E-state index in [0.717, 1.165) is 72.6 Å². The molecule has 3 unspecified atom stereocenters. The van der Waals surface area contributed by atoms with E-state index in [9.17, 15) is 9.90 Å². The van der Waals surface area contributed by atoms with E-state index in [1.54, 1.807) is 0 Å². The molecule has 4 aromatic carbocycles. The molecule has 36 heavy (non-hydrogen) atoms. The highest BCUT2D eigenvalue weighted by molar-refractivity contribution is 6.09. The molecule has 184 valence electrons. The number of Topliss-reactive ketones (excluding diaryl/α,β-unsaturated/α-hetero) is 1. The summed E-state index contributed by atoms with van der Waals surface area (Å²) in [5, 5.41) is 19.6. The summed E-state index contributed by atoms with van der Waals surface area (Å²) in [5.41, 5.74) is 1.90. The molecule has 4 aromatic rings. The Morgan fingerprint density at radius 1 is 0.806 bits per heavy atom. The third-order valence-electron chi connectivity index (χ3n) is 8.41. The predicted molar refractivity (Wildman–Crippen MR) is 146 cm³/mol. The summed E-state index contributed by atoms with van der Waals surface area (Å²) in [6.45, 7) is 2.73. The number of rotatable bonds is 5. The van der Waals surface area contributed by atoms with E-state index in [-0.39, 0.29) is 23.8 Å². The quantitative estimate of drug-likeness (QED) is 0.348. The van der Waals surface area contributed by atoms with Gasteiger partial charge in [-0.15, -0.1) is 0 Å². The van der Waals surface area contributed by atoms with Crippen LogP contribution in [0.2, 0.25) is 0 Å². The third kappa shape index (κ3) is 4.45. The Balaban J connectivity index is 1.11. The van der Waals surface area contributed by atoms with Gasteiger partial charge < -0.3 is 10.4 Å². The van der Waals surface area contributed by atoms with Crippen LogP contribution in [-0.4, -0.2) is 41.6 Å². The lowest BCUT2D eigenvalue weighted by Gasteiger charge is -2.42. The minimum Gasteiger partial charge on any atom is -0.388 e. The van der Waals surface area contributed by atoms with Crippen LogP contribution in [0, 0.1) is 11.8 Å². The molecule has 2 aliphatic heterocycles. The molecule has 2 fully saturated rings. The summed E-state index contributed by atoms with van der Waals surface area (Å²) in [6.07, 6.45) is 3.45. The second-order valence-corrected chi connectivity index (χ2v) is 10.5. The van der Waals surface area contributed by atoms with E-state index in [0.29, 0.717) is 0 Å². The monoisotopic (exact) mass is 478 g/mol. The average Bonchev–Trinajstić information content (AvgIpc) is 2.96. The summed E-state index contributed by atoms with van der Waals surface area (Å²) < 4.78 is 0. The number of aliphatic hydroxyl groups excluding tert-OH is 1. The van der Waals surface area contributed by atoms with Crippen molar-refractivity contribution in [2.75, 3.05) is 19.6 Å². The Labute approximate surface area is 212 Å². The fraction of sp³-hybridized carbons (Fsp3) is 0.344. The molecule has 2 N–H and O–H groups in total. The van der Waals surface area contributed by atoms with Crippen LogP contribution in [0.25, 0.3) is 21.5 Å². The normalized spacial score (nSPS) is 22.6. The van der Waals surface area contributed by atoms with Crippen LogP contribution in [0.15, 0.2) is 84.9 Å². The molecule has 0 saturated carbocycles. The highest BCUT2D eigenvalue weighted by Crippen LogP contribution is 2.36. The maximum absolute atomic E-state index is 13.4. The van der Waals surface area contributed by atoms with Crippen LogP contribution >= 0.6 is 0 Å². The zero-order valence-electron chi connectivity index (χ0n) is 20.6. The fourth-order valence-corrected chi connectivity index (χ4v) is 6.38. The summed E-state index contributed by atoms with van der Waals surface area (Å²) in [7, 11) is 0. The molecular weight excluding hydrogens is 444 g/mol. The first-order chi connectivity index (χ1) is 17.7. The van der Waals surface area contributed by atoms with Crippen molar-refractivity contribution in [3.05, 3.63) is 96.1 Å². The highest BCUT2D eigenvalue weighted by atomic mass is 16.3. The number of likely N-dealkylation sites (tertiary alicyclic amines) is 1. The number of hydrogen-bond acceptors (Lipinski definition) is 4. The second-order valence-electron chi connectivity index (χ2n) is 10.5. The molecular formula is C32H34N2O2. The molecule has 3 atom stereocenters. The Bertz CT molecular complexity index is 1360. The van der Waals surface area contributed by atoms with Gasteiger partial charge in [0.1, 0.15) is 0 Å². The largest absolute Gasteiger partial charge is 0.388 e. The van der Waals surface area contributed by atoms with E-state index < -0.39 is 6.10 Å². The first kappa shape index (κ1) is 23.4. The molecule has 2 saturated heterocycles. The van der Waals surface area contributed by atoms with Gasteiger partial charge in [-0.1, -0.05) is 84.9 Å². The lowest BCUT2D eigenvalue weighted by Crippen LogP contribution is -2.53. The molecule has 6 rings (SSSR count). The number of carbonyl (C=O) groups excluding carboxylic acids is 1. The molecule has 0 aliphatic carbocycles. The van der Waals surface area contributed by atoms with Gasteiger partial charge in [0.2, 0.25) is 0 Å². The molecule has 2 aliphatic rings. The maximum Gasteiger partial charge on any atom is 0.166 e. The molecule has 0 amide bonds. The first-order valence-corrected chi connectivity index (χ1v) is 13.3. The number of piperidine rings is 2. The van der Waals surface area contributed by atoms with E-state index in [4.69, 9.17) is 0 Å². The SMILES string of the molecule is O=C(c1cccc2ccccc12)C1CCN(C2CC(C(O)c3cccc4ccccc34)CCN2)CC1. The smallest absolute Gasteiger partial charge is 0.166 e. The Morgan fingerprint density at radius 2 is 1.44 bits per heavy atom. The molecule has 0 spiro atoms. The standard InChI is InChI=1S/C32H34N2O2/c35-31(28-13-5-9-22-7-1-3-11-26(22)28)24-16-19-34(20-17-24)30-21-25(15-18-33-30)32(36)29-14-6-10-23-8-2-4-12-27(23)29/h1-14,24-25,30,32-33,36H,15-21H2. The molecule has 4 heteroatoms.